The standard InChI is InChI=1S/C59H96O5/c1-4-7-10-13-16-19-22-25-27-29-30-31-32-35-37-40-43-46-49-52-58(60)63-56-57(64-59(61)53-50-47-44-41-38-34-24-21-18-15-12-9-6-3)55-62-54-51-48-45-42-39-36-33-28-26-23-20-17-14-11-8-5-2/h7-8,10-11,16-17,19-21,24-28,30-31,35-37,39,57H,4-6,9,12-15,18,22-23,29,32-34,38,40-56H2,1-3H3/b10-7-,11-8-,19-16-,20-17-,24-21-,27-25-,28-26-,31-30-,37-35-,39-36-. The van der Waals surface area contributed by atoms with Crippen molar-refractivity contribution in [3.63, 3.8) is 0 Å². The van der Waals surface area contributed by atoms with E-state index in [1.807, 2.05) is 0 Å². The second kappa shape index (κ2) is 53.6. The lowest BCUT2D eigenvalue weighted by Crippen LogP contribution is -2.30. The largest absolute Gasteiger partial charge is 0.462 e. The Kier molecular flexibility index (Phi) is 50.5. The number of carbonyl (C=O) groups is 2. The number of hydrogen-bond donors (Lipinski definition) is 0. The van der Waals surface area contributed by atoms with Crippen molar-refractivity contribution in [2.24, 2.45) is 0 Å². The number of rotatable bonds is 46. The molecular formula is C59H96O5. The highest BCUT2D eigenvalue weighted by atomic mass is 16.6. The van der Waals surface area contributed by atoms with Gasteiger partial charge in [0.1, 0.15) is 6.61 Å². The van der Waals surface area contributed by atoms with Crippen LogP contribution in [0.3, 0.4) is 0 Å². The summed E-state index contributed by atoms with van der Waals surface area (Å²) in [6, 6.07) is 0. The van der Waals surface area contributed by atoms with Crippen LogP contribution in [-0.4, -0.2) is 37.9 Å². The van der Waals surface area contributed by atoms with Gasteiger partial charge in [0, 0.05) is 19.4 Å². The SMILES string of the molecule is CC/C=C\C/C=C\C/C=C\C/C=C\C/C=C\CCCCCC(=O)OCC(COCCCCC/C=C\C/C=C\C/C=C\C/C=C\CC)OC(=O)CCCCCCC/C=C\CCCCCC. The van der Waals surface area contributed by atoms with Gasteiger partial charge in [-0.1, -0.05) is 194 Å². The highest BCUT2D eigenvalue weighted by Gasteiger charge is 2.17. The summed E-state index contributed by atoms with van der Waals surface area (Å²) in [6.07, 6.45) is 74.9. The Bertz CT molecular complexity index is 1320. The van der Waals surface area contributed by atoms with Gasteiger partial charge in [0.15, 0.2) is 6.10 Å². The average Bonchev–Trinajstić information content (AvgIpc) is 3.30. The van der Waals surface area contributed by atoms with Crippen LogP contribution in [0.5, 0.6) is 0 Å². The number of unbranched alkanes of at least 4 members (excludes halogenated alkanes) is 15. The number of allylic oxidation sites excluding steroid dienone is 20. The fraction of sp³-hybridized carbons (Fsp3) is 0.627. The summed E-state index contributed by atoms with van der Waals surface area (Å²) in [7, 11) is 0. The zero-order valence-electron chi connectivity index (χ0n) is 41.5. The van der Waals surface area contributed by atoms with E-state index in [0.717, 1.165) is 135 Å². The van der Waals surface area contributed by atoms with Gasteiger partial charge in [-0.25, -0.2) is 0 Å². The molecule has 0 spiro atoms. The van der Waals surface area contributed by atoms with Crippen molar-refractivity contribution in [3.8, 4) is 0 Å². The van der Waals surface area contributed by atoms with Crippen molar-refractivity contribution in [1.29, 1.82) is 0 Å². The van der Waals surface area contributed by atoms with Gasteiger partial charge < -0.3 is 14.2 Å². The summed E-state index contributed by atoms with van der Waals surface area (Å²) < 4.78 is 17.3. The topological polar surface area (TPSA) is 61.8 Å². The smallest absolute Gasteiger partial charge is 0.306 e. The second-order valence-corrected chi connectivity index (χ2v) is 16.7. The van der Waals surface area contributed by atoms with Crippen molar-refractivity contribution in [2.45, 2.75) is 219 Å². The molecule has 0 fully saturated rings. The third-order valence-electron chi connectivity index (χ3n) is 10.5. The molecular weight excluding hydrogens is 789 g/mol. The van der Waals surface area contributed by atoms with Crippen LogP contribution >= 0.6 is 0 Å². The first-order valence-corrected chi connectivity index (χ1v) is 26.1. The highest BCUT2D eigenvalue weighted by molar-refractivity contribution is 5.70. The fourth-order valence-electron chi connectivity index (χ4n) is 6.64. The number of esters is 2. The number of carbonyl (C=O) groups excluding carboxylic acids is 2. The minimum Gasteiger partial charge on any atom is -0.462 e. The van der Waals surface area contributed by atoms with Gasteiger partial charge in [-0.15, -0.1) is 0 Å². The Morgan fingerprint density at radius 3 is 1.16 bits per heavy atom. The summed E-state index contributed by atoms with van der Waals surface area (Å²) in [5.74, 6) is -0.471. The quantitative estimate of drug-likeness (QED) is 0.0346. The maximum atomic E-state index is 12.8. The van der Waals surface area contributed by atoms with Crippen LogP contribution < -0.4 is 0 Å². The van der Waals surface area contributed by atoms with Gasteiger partial charge in [-0.3, -0.25) is 9.59 Å². The Morgan fingerprint density at radius 1 is 0.359 bits per heavy atom. The Labute approximate surface area is 395 Å². The molecule has 0 bridgehead atoms. The molecule has 64 heavy (non-hydrogen) atoms. The molecule has 0 aliphatic carbocycles. The van der Waals surface area contributed by atoms with E-state index in [4.69, 9.17) is 14.2 Å². The monoisotopic (exact) mass is 885 g/mol. The third-order valence-corrected chi connectivity index (χ3v) is 10.5. The lowest BCUT2D eigenvalue weighted by Gasteiger charge is -2.18. The van der Waals surface area contributed by atoms with Crippen LogP contribution in [0, 0.1) is 0 Å². The maximum absolute atomic E-state index is 12.8. The van der Waals surface area contributed by atoms with E-state index in [0.29, 0.717) is 19.4 Å². The molecule has 1 atom stereocenters. The molecule has 0 saturated heterocycles. The van der Waals surface area contributed by atoms with Gasteiger partial charge in [0.05, 0.1) is 6.61 Å². The van der Waals surface area contributed by atoms with Crippen LogP contribution in [0.15, 0.2) is 122 Å². The molecule has 5 heteroatoms. The van der Waals surface area contributed by atoms with E-state index in [1.54, 1.807) is 0 Å². The van der Waals surface area contributed by atoms with Gasteiger partial charge in [0.2, 0.25) is 0 Å². The summed E-state index contributed by atoms with van der Waals surface area (Å²) in [4.78, 5) is 25.4. The lowest BCUT2D eigenvalue weighted by molar-refractivity contribution is -0.163. The second-order valence-electron chi connectivity index (χ2n) is 16.7. The van der Waals surface area contributed by atoms with E-state index >= 15 is 0 Å². The van der Waals surface area contributed by atoms with Crippen LogP contribution in [-0.2, 0) is 23.8 Å². The molecule has 0 aliphatic heterocycles. The molecule has 0 aromatic heterocycles. The molecule has 0 aromatic rings. The van der Waals surface area contributed by atoms with Crippen molar-refractivity contribution >= 4 is 11.9 Å². The first-order valence-electron chi connectivity index (χ1n) is 26.1. The normalized spacial score (nSPS) is 13.2. The predicted octanol–water partition coefficient (Wildman–Crippen LogP) is 17.8. The molecule has 0 N–H and O–H groups in total. The molecule has 1 unspecified atom stereocenters. The van der Waals surface area contributed by atoms with E-state index < -0.39 is 6.10 Å². The van der Waals surface area contributed by atoms with Crippen molar-refractivity contribution < 1.29 is 23.8 Å². The zero-order valence-corrected chi connectivity index (χ0v) is 41.5. The minimum absolute atomic E-state index is 0.0442. The van der Waals surface area contributed by atoms with E-state index in [1.165, 1.54) is 44.9 Å². The predicted molar refractivity (Wildman–Crippen MR) is 279 cm³/mol. The van der Waals surface area contributed by atoms with Crippen molar-refractivity contribution in [1.82, 2.24) is 0 Å². The molecule has 362 valence electrons. The summed E-state index contributed by atoms with van der Waals surface area (Å²) in [5.41, 5.74) is 0. The van der Waals surface area contributed by atoms with Gasteiger partial charge >= 0.3 is 11.9 Å². The molecule has 0 rings (SSSR count). The van der Waals surface area contributed by atoms with Crippen LogP contribution in [0.4, 0.5) is 0 Å². The maximum Gasteiger partial charge on any atom is 0.306 e. The first-order chi connectivity index (χ1) is 31.6. The molecule has 0 amide bonds. The number of ether oxygens (including phenoxy) is 3. The highest BCUT2D eigenvalue weighted by Crippen LogP contribution is 2.12. The average molecular weight is 885 g/mol. The Morgan fingerprint density at radius 2 is 0.703 bits per heavy atom. The van der Waals surface area contributed by atoms with Crippen LogP contribution in [0.1, 0.15) is 213 Å². The first kappa shape index (κ1) is 60.3. The molecule has 0 radical (unpaired) electrons. The Hall–Kier alpha value is -3.70. The zero-order chi connectivity index (χ0) is 46.3. The Balaban J connectivity index is 4.42. The minimum atomic E-state index is -0.579. The molecule has 0 saturated carbocycles. The van der Waals surface area contributed by atoms with Crippen molar-refractivity contribution in [2.75, 3.05) is 19.8 Å². The molecule has 5 nitrogen and oxygen atoms in total. The molecule has 0 aromatic carbocycles. The van der Waals surface area contributed by atoms with E-state index in [9.17, 15) is 9.59 Å². The van der Waals surface area contributed by atoms with Crippen LogP contribution in [0.25, 0.3) is 0 Å². The van der Waals surface area contributed by atoms with Gasteiger partial charge in [-0.05, 0) is 128 Å². The summed E-state index contributed by atoms with van der Waals surface area (Å²) >= 11 is 0. The lowest BCUT2D eigenvalue weighted by atomic mass is 10.1. The van der Waals surface area contributed by atoms with E-state index in [2.05, 4.69) is 142 Å². The number of hydrogen-bond acceptors (Lipinski definition) is 5. The van der Waals surface area contributed by atoms with Gasteiger partial charge in [0.25, 0.3) is 0 Å². The molecule has 0 heterocycles. The van der Waals surface area contributed by atoms with E-state index in [-0.39, 0.29) is 25.2 Å². The third kappa shape index (κ3) is 50.9. The van der Waals surface area contributed by atoms with Crippen molar-refractivity contribution in [3.05, 3.63) is 122 Å². The van der Waals surface area contributed by atoms with Gasteiger partial charge in [-0.2, -0.15) is 0 Å². The fourth-order valence-corrected chi connectivity index (χ4v) is 6.64. The summed E-state index contributed by atoms with van der Waals surface area (Å²) in [5, 5.41) is 0. The summed E-state index contributed by atoms with van der Waals surface area (Å²) in [6.45, 7) is 7.46. The molecule has 0 aliphatic rings. The van der Waals surface area contributed by atoms with Crippen LogP contribution in [0.2, 0.25) is 0 Å².